The number of H-pyrrole nitrogens is 1. The minimum Gasteiger partial charge on any atom is -0.389 e. The number of ether oxygens (including phenoxy) is 1. The molecule has 2 atom stereocenters. The molecule has 0 aromatic carbocycles. The summed E-state index contributed by atoms with van der Waals surface area (Å²) in [4.78, 5) is 17.0. The van der Waals surface area contributed by atoms with Gasteiger partial charge in [0.1, 0.15) is 5.69 Å². The van der Waals surface area contributed by atoms with Gasteiger partial charge >= 0.3 is 0 Å². The Balaban J connectivity index is 1.98. The second-order valence-corrected chi connectivity index (χ2v) is 5.33. The normalized spacial score (nSPS) is 27.5. The van der Waals surface area contributed by atoms with Crippen molar-refractivity contribution in [3.63, 3.8) is 0 Å². The molecular weight excluding hydrogens is 244 g/mol. The number of carbonyl (C=O) groups excluding carboxylic acids is 1. The molecule has 1 saturated heterocycles. The van der Waals surface area contributed by atoms with Gasteiger partial charge in [-0.2, -0.15) is 0 Å². The molecule has 2 N–H and O–H groups in total. The first-order chi connectivity index (χ1) is 9.07. The zero-order valence-corrected chi connectivity index (χ0v) is 11.6. The molecule has 106 valence electrons. The number of rotatable bonds is 4. The molecule has 0 bridgehead atoms. The van der Waals surface area contributed by atoms with Crippen molar-refractivity contribution in [2.45, 2.75) is 25.4 Å². The molecule has 1 amide bonds. The van der Waals surface area contributed by atoms with Crippen molar-refractivity contribution in [3.8, 4) is 0 Å². The van der Waals surface area contributed by atoms with Crippen LogP contribution >= 0.6 is 0 Å². The Labute approximate surface area is 113 Å². The Kier molecular flexibility index (Phi) is 4.27. The second-order valence-electron chi connectivity index (χ2n) is 5.33. The first kappa shape index (κ1) is 14.1. The van der Waals surface area contributed by atoms with Crippen LogP contribution in [-0.2, 0) is 4.74 Å². The summed E-state index contributed by atoms with van der Waals surface area (Å²) in [5.74, 6) is 0.0564. The van der Waals surface area contributed by atoms with Gasteiger partial charge in [0.2, 0.25) is 0 Å². The van der Waals surface area contributed by atoms with Crippen LogP contribution in [0.15, 0.2) is 18.3 Å². The van der Waals surface area contributed by atoms with Crippen LogP contribution in [0, 0.1) is 5.92 Å². The van der Waals surface area contributed by atoms with Gasteiger partial charge in [-0.1, -0.05) is 6.92 Å². The number of hydrogen-bond donors (Lipinski definition) is 2. The summed E-state index contributed by atoms with van der Waals surface area (Å²) in [6.45, 7) is 3.70. The maximum Gasteiger partial charge on any atom is 0.270 e. The molecule has 1 aliphatic heterocycles. The molecule has 1 aromatic heterocycles. The van der Waals surface area contributed by atoms with E-state index < -0.39 is 5.60 Å². The summed E-state index contributed by atoms with van der Waals surface area (Å²) in [6.07, 6.45) is 2.97. The summed E-state index contributed by atoms with van der Waals surface area (Å²) in [5.41, 5.74) is -0.114. The van der Waals surface area contributed by atoms with Gasteiger partial charge in [0, 0.05) is 38.9 Å². The molecule has 2 heterocycles. The fourth-order valence-electron chi connectivity index (χ4n) is 2.64. The third-order valence-electron chi connectivity index (χ3n) is 4.08. The van der Waals surface area contributed by atoms with Crippen LogP contribution in [0.25, 0.3) is 0 Å². The highest BCUT2D eigenvalue weighted by atomic mass is 16.5. The number of nitrogens with zero attached hydrogens (tertiary/aromatic N) is 1. The summed E-state index contributed by atoms with van der Waals surface area (Å²) in [5, 5.41) is 10.6. The van der Waals surface area contributed by atoms with Gasteiger partial charge in [-0.15, -0.1) is 0 Å². The number of amides is 1. The van der Waals surface area contributed by atoms with Crippen molar-refractivity contribution in [2.75, 3.05) is 26.8 Å². The van der Waals surface area contributed by atoms with Crippen LogP contribution < -0.4 is 0 Å². The van der Waals surface area contributed by atoms with E-state index in [4.69, 9.17) is 4.74 Å². The van der Waals surface area contributed by atoms with Gasteiger partial charge in [-0.05, 0) is 25.0 Å². The largest absolute Gasteiger partial charge is 0.389 e. The molecule has 5 heteroatoms. The number of likely N-dealkylation sites (tertiary alicyclic amines) is 1. The molecule has 19 heavy (non-hydrogen) atoms. The Hall–Kier alpha value is -1.33. The van der Waals surface area contributed by atoms with Crippen LogP contribution in [0.1, 0.15) is 30.3 Å². The number of aromatic nitrogens is 1. The number of aliphatic hydroxyl groups is 1. The third-order valence-corrected chi connectivity index (χ3v) is 4.08. The highest BCUT2D eigenvalue weighted by molar-refractivity contribution is 5.92. The fourth-order valence-corrected chi connectivity index (χ4v) is 2.64. The number of nitrogens with one attached hydrogen (secondary N) is 1. The number of piperidine rings is 1. The van der Waals surface area contributed by atoms with Crippen molar-refractivity contribution in [1.29, 1.82) is 0 Å². The minimum atomic E-state index is -0.720. The molecule has 2 rings (SSSR count). The van der Waals surface area contributed by atoms with Gasteiger partial charge in [-0.3, -0.25) is 4.79 Å². The van der Waals surface area contributed by atoms with Crippen LogP contribution in [-0.4, -0.2) is 53.3 Å². The highest BCUT2D eigenvalue weighted by Gasteiger charge is 2.39. The zero-order valence-electron chi connectivity index (χ0n) is 11.6. The van der Waals surface area contributed by atoms with E-state index in [0.717, 1.165) is 0 Å². The van der Waals surface area contributed by atoms with Crippen molar-refractivity contribution < 1.29 is 14.6 Å². The molecule has 5 nitrogen and oxygen atoms in total. The lowest BCUT2D eigenvalue weighted by Crippen LogP contribution is -2.52. The smallest absolute Gasteiger partial charge is 0.270 e. The van der Waals surface area contributed by atoms with Gasteiger partial charge in [0.25, 0.3) is 5.91 Å². The Morgan fingerprint density at radius 3 is 3.05 bits per heavy atom. The highest BCUT2D eigenvalue weighted by Crippen LogP contribution is 2.31. The predicted octanol–water partition coefficient (Wildman–Crippen LogP) is 1.26. The van der Waals surface area contributed by atoms with Crippen molar-refractivity contribution >= 4 is 5.91 Å². The molecule has 1 aliphatic rings. The van der Waals surface area contributed by atoms with Crippen molar-refractivity contribution in [3.05, 3.63) is 24.0 Å². The lowest BCUT2D eigenvalue weighted by atomic mass is 9.80. The average molecular weight is 266 g/mol. The molecule has 0 saturated carbocycles. The summed E-state index contributed by atoms with van der Waals surface area (Å²) < 4.78 is 5.05. The van der Waals surface area contributed by atoms with E-state index in [1.165, 1.54) is 0 Å². The lowest BCUT2D eigenvalue weighted by molar-refractivity contribution is -0.0750. The minimum absolute atomic E-state index is 0.00522. The van der Waals surface area contributed by atoms with E-state index in [1.54, 1.807) is 24.3 Å². The van der Waals surface area contributed by atoms with E-state index in [9.17, 15) is 9.90 Å². The van der Waals surface area contributed by atoms with E-state index in [2.05, 4.69) is 4.98 Å². The summed E-state index contributed by atoms with van der Waals surface area (Å²) in [7, 11) is 1.64. The van der Waals surface area contributed by atoms with Crippen molar-refractivity contribution in [1.82, 2.24) is 9.88 Å². The molecule has 0 unspecified atom stereocenters. The number of carbonyl (C=O) groups is 1. The second kappa shape index (κ2) is 5.75. The molecule has 1 fully saturated rings. The Bertz CT molecular complexity index is 418. The molecule has 1 aromatic rings. The maximum atomic E-state index is 12.2. The Morgan fingerprint density at radius 1 is 1.68 bits per heavy atom. The van der Waals surface area contributed by atoms with Crippen LogP contribution in [0.3, 0.4) is 0 Å². The van der Waals surface area contributed by atoms with Gasteiger partial charge < -0.3 is 19.7 Å². The first-order valence-corrected chi connectivity index (χ1v) is 6.71. The maximum absolute atomic E-state index is 12.2. The van der Waals surface area contributed by atoms with E-state index in [0.29, 0.717) is 38.2 Å². The van der Waals surface area contributed by atoms with Gasteiger partial charge in [-0.25, -0.2) is 0 Å². The quantitative estimate of drug-likeness (QED) is 0.862. The summed E-state index contributed by atoms with van der Waals surface area (Å²) >= 11 is 0. The van der Waals surface area contributed by atoms with E-state index in [1.807, 2.05) is 13.0 Å². The van der Waals surface area contributed by atoms with Crippen molar-refractivity contribution in [2.24, 2.45) is 5.92 Å². The zero-order chi connectivity index (χ0) is 13.9. The van der Waals surface area contributed by atoms with Gasteiger partial charge in [0.15, 0.2) is 0 Å². The standard InChI is InChI=1S/C14H22N2O3/c1-11-10-16(13(17)12-4-3-7-15-12)8-5-14(11,18)6-9-19-2/h3-4,7,11,15,18H,5-6,8-10H2,1-2H3/t11-,14-/m1/s1. The lowest BCUT2D eigenvalue weighted by Gasteiger charge is -2.43. The van der Waals surface area contributed by atoms with Crippen LogP contribution in [0.2, 0.25) is 0 Å². The number of aromatic amines is 1. The topological polar surface area (TPSA) is 65.6 Å². The van der Waals surface area contributed by atoms with Crippen LogP contribution in [0.5, 0.6) is 0 Å². The Morgan fingerprint density at radius 2 is 2.47 bits per heavy atom. The van der Waals surface area contributed by atoms with Gasteiger partial charge in [0.05, 0.1) is 5.60 Å². The van der Waals surface area contributed by atoms with E-state index >= 15 is 0 Å². The number of hydrogen-bond acceptors (Lipinski definition) is 3. The molecule has 0 spiro atoms. The van der Waals surface area contributed by atoms with Crippen LogP contribution in [0.4, 0.5) is 0 Å². The predicted molar refractivity (Wildman–Crippen MR) is 71.9 cm³/mol. The molecular formula is C14H22N2O3. The average Bonchev–Trinajstić information content (AvgIpc) is 2.93. The number of methoxy groups -OCH3 is 1. The summed E-state index contributed by atoms with van der Waals surface area (Å²) in [6, 6.07) is 3.59. The molecule has 0 aliphatic carbocycles. The molecule has 0 radical (unpaired) electrons. The first-order valence-electron chi connectivity index (χ1n) is 6.71. The third kappa shape index (κ3) is 2.98. The SMILES string of the molecule is COCC[C@]1(O)CCN(C(=O)c2ccc[nH]2)C[C@H]1C. The monoisotopic (exact) mass is 266 g/mol. The fraction of sp³-hybridized carbons (Fsp3) is 0.643. The van der Waals surface area contributed by atoms with E-state index in [-0.39, 0.29) is 11.8 Å².